The van der Waals surface area contributed by atoms with E-state index in [0.717, 1.165) is 39.1 Å². The number of benzene rings is 1. The Labute approximate surface area is 123 Å². The first-order valence-electron chi connectivity index (χ1n) is 7.81. The quantitative estimate of drug-likeness (QED) is 0.864. The van der Waals surface area contributed by atoms with Crippen LogP contribution in [0.1, 0.15) is 31.4 Å². The average molecular weight is 276 g/mol. The molecule has 0 spiro atoms. The van der Waals surface area contributed by atoms with Gasteiger partial charge in [0.25, 0.3) is 0 Å². The first kappa shape index (κ1) is 15.5. The summed E-state index contributed by atoms with van der Waals surface area (Å²) >= 11 is 0. The summed E-state index contributed by atoms with van der Waals surface area (Å²) in [6.45, 7) is 8.41. The Morgan fingerprint density at radius 2 is 1.95 bits per heavy atom. The van der Waals surface area contributed by atoms with Gasteiger partial charge in [0.15, 0.2) is 0 Å². The molecule has 112 valence electrons. The fourth-order valence-corrected chi connectivity index (χ4v) is 2.80. The summed E-state index contributed by atoms with van der Waals surface area (Å²) < 4.78 is 5.76. The fraction of sp³-hybridized carbons (Fsp3) is 0.647. The molecule has 1 aliphatic rings. The highest BCUT2D eigenvalue weighted by atomic mass is 16.5. The van der Waals surface area contributed by atoms with Crippen molar-refractivity contribution in [3.8, 4) is 0 Å². The Balaban J connectivity index is 1.94. The van der Waals surface area contributed by atoms with E-state index in [-0.39, 0.29) is 0 Å². The minimum atomic E-state index is 0.354. The third-order valence-corrected chi connectivity index (χ3v) is 4.12. The van der Waals surface area contributed by atoms with Crippen LogP contribution >= 0.6 is 0 Å². The average Bonchev–Trinajstić information content (AvgIpc) is 2.47. The van der Waals surface area contributed by atoms with Crippen molar-refractivity contribution >= 4 is 0 Å². The number of nitrogens with one attached hydrogen (secondary N) is 1. The highest BCUT2D eigenvalue weighted by Crippen LogP contribution is 2.18. The second kappa shape index (κ2) is 7.77. The van der Waals surface area contributed by atoms with Crippen LogP contribution in [0.4, 0.5) is 0 Å². The summed E-state index contributed by atoms with van der Waals surface area (Å²) in [6, 6.07) is 9.64. The van der Waals surface area contributed by atoms with Crippen molar-refractivity contribution in [1.29, 1.82) is 0 Å². The second-order valence-corrected chi connectivity index (χ2v) is 5.81. The van der Waals surface area contributed by atoms with E-state index in [1.165, 1.54) is 11.1 Å². The Morgan fingerprint density at radius 3 is 2.60 bits per heavy atom. The lowest BCUT2D eigenvalue weighted by Gasteiger charge is -2.38. The van der Waals surface area contributed by atoms with Crippen LogP contribution in [0.3, 0.4) is 0 Å². The van der Waals surface area contributed by atoms with Gasteiger partial charge >= 0.3 is 0 Å². The van der Waals surface area contributed by atoms with Gasteiger partial charge in [0, 0.05) is 19.1 Å². The Bertz CT molecular complexity index is 390. The van der Waals surface area contributed by atoms with Gasteiger partial charge in [-0.05, 0) is 44.5 Å². The van der Waals surface area contributed by atoms with Crippen molar-refractivity contribution in [2.45, 2.75) is 45.4 Å². The van der Waals surface area contributed by atoms with E-state index >= 15 is 0 Å². The molecule has 0 saturated carbocycles. The number of morpholine rings is 1. The van der Waals surface area contributed by atoms with E-state index in [1.807, 2.05) is 7.05 Å². The molecule has 0 aliphatic carbocycles. The van der Waals surface area contributed by atoms with Crippen molar-refractivity contribution in [3.63, 3.8) is 0 Å². The predicted octanol–water partition coefficient (Wildman–Crippen LogP) is 2.45. The molecule has 1 saturated heterocycles. The standard InChI is InChI=1S/C17H28N2O/c1-4-17-13-20-14(2)11-19(17)12-16-7-5-15(6-8-16)9-10-18-3/h5-8,14,17-18H,4,9-13H2,1-3H3. The maximum Gasteiger partial charge on any atom is 0.0674 e. The third-order valence-electron chi connectivity index (χ3n) is 4.12. The summed E-state index contributed by atoms with van der Waals surface area (Å²) in [5.74, 6) is 0. The zero-order valence-electron chi connectivity index (χ0n) is 13.1. The van der Waals surface area contributed by atoms with Crippen LogP contribution in [0.25, 0.3) is 0 Å². The lowest BCUT2D eigenvalue weighted by atomic mass is 10.1. The summed E-state index contributed by atoms with van der Waals surface area (Å²) in [6.07, 6.45) is 2.61. The summed E-state index contributed by atoms with van der Waals surface area (Å²) in [4.78, 5) is 2.57. The molecular formula is C17H28N2O. The maximum absolute atomic E-state index is 5.76. The normalized spacial score (nSPS) is 23.9. The van der Waals surface area contributed by atoms with E-state index < -0.39 is 0 Å². The van der Waals surface area contributed by atoms with Gasteiger partial charge in [-0.25, -0.2) is 0 Å². The number of hydrogen-bond acceptors (Lipinski definition) is 3. The SMILES string of the molecule is CCC1COC(C)CN1Cc1ccc(CCNC)cc1. The molecule has 0 bridgehead atoms. The topological polar surface area (TPSA) is 24.5 Å². The van der Waals surface area contributed by atoms with Crippen LogP contribution in [-0.4, -0.2) is 43.8 Å². The molecule has 2 unspecified atom stereocenters. The van der Waals surface area contributed by atoms with E-state index in [9.17, 15) is 0 Å². The van der Waals surface area contributed by atoms with Crippen molar-refractivity contribution in [2.24, 2.45) is 0 Å². The minimum Gasteiger partial charge on any atom is -0.376 e. The highest BCUT2D eigenvalue weighted by molar-refractivity contribution is 5.23. The van der Waals surface area contributed by atoms with Crippen LogP contribution < -0.4 is 5.32 Å². The van der Waals surface area contributed by atoms with Gasteiger partial charge in [0.1, 0.15) is 0 Å². The van der Waals surface area contributed by atoms with E-state index in [4.69, 9.17) is 4.74 Å². The van der Waals surface area contributed by atoms with E-state index in [0.29, 0.717) is 12.1 Å². The van der Waals surface area contributed by atoms with E-state index in [2.05, 4.69) is 48.3 Å². The summed E-state index contributed by atoms with van der Waals surface area (Å²) in [7, 11) is 2.00. The highest BCUT2D eigenvalue weighted by Gasteiger charge is 2.25. The maximum atomic E-state index is 5.76. The zero-order valence-corrected chi connectivity index (χ0v) is 13.1. The van der Waals surface area contributed by atoms with Crippen LogP contribution in [0.2, 0.25) is 0 Å². The molecule has 1 N–H and O–H groups in total. The molecule has 3 heteroatoms. The van der Waals surface area contributed by atoms with E-state index in [1.54, 1.807) is 0 Å². The molecule has 2 atom stereocenters. The second-order valence-electron chi connectivity index (χ2n) is 5.81. The molecule has 1 heterocycles. The number of hydrogen-bond donors (Lipinski definition) is 1. The van der Waals surface area contributed by atoms with Crippen molar-refractivity contribution in [1.82, 2.24) is 10.2 Å². The number of ether oxygens (including phenoxy) is 1. The van der Waals surface area contributed by atoms with Gasteiger partial charge in [-0.1, -0.05) is 31.2 Å². The molecule has 20 heavy (non-hydrogen) atoms. The van der Waals surface area contributed by atoms with Gasteiger partial charge in [-0.2, -0.15) is 0 Å². The smallest absolute Gasteiger partial charge is 0.0674 e. The number of nitrogens with zero attached hydrogens (tertiary/aromatic N) is 1. The molecule has 1 aromatic rings. The molecule has 1 aliphatic heterocycles. The third kappa shape index (κ3) is 4.30. The predicted molar refractivity (Wildman–Crippen MR) is 84.0 cm³/mol. The Hall–Kier alpha value is -0.900. The molecule has 2 rings (SSSR count). The zero-order chi connectivity index (χ0) is 14.4. The molecule has 0 radical (unpaired) electrons. The first-order valence-corrected chi connectivity index (χ1v) is 7.81. The lowest BCUT2D eigenvalue weighted by Crippen LogP contribution is -2.47. The first-order chi connectivity index (χ1) is 9.72. The molecule has 1 fully saturated rings. The van der Waals surface area contributed by atoms with Gasteiger partial charge < -0.3 is 10.1 Å². The van der Waals surface area contributed by atoms with Gasteiger partial charge in [0.2, 0.25) is 0 Å². The van der Waals surface area contributed by atoms with Crippen LogP contribution in [0.5, 0.6) is 0 Å². The van der Waals surface area contributed by atoms with Crippen LogP contribution in [-0.2, 0) is 17.7 Å². The monoisotopic (exact) mass is 276 g/mol. The number of likely N-dealkylation sites (N-methyl/N-ethyl adjacent to an activating group) is 1. The molecule has 1 aromatic carbocycles. The van der Waals surface area contributed by atoms with Crippen molar-refractivity contribution in [3.05, 3.63) is 35.4 Å². The van der Waals surface area contributed by atoms with Crippen molar-refractivity contribution in [2.75, 3.05) is 26.7 Å². The molecule has 0 aromatic heterocycles. The Morgan fingerprint density at radius 1 is 1.25 bits per heavy atom. The van der Waals surface area contributed by atoms with Gasteiger partial charge in [-0.3, -0.25) is 4.90 Å². The summed E-state index contributed by atoms with van der Waals surface area (Å²) in [5.41, 5.74) is 2.82. The Kier molecular flexibility index (Phi) is 6.02. The lowest BCUT2D eigenvalue weighted by molar-refractivity contribution is -0.0592. The van der Waals surface area contributed by atoms with Crippen LogP contribution in [0, 0.1) is 0 Å². The number of rotatable bonds is 6. The summed E-state index contributed by atoms with van der Waals surface area (Å²) in [5, 5.41) is 3.19. The largest absolute Gasteiger partial charge is 0.376 e. The molecule has 0 amide bonds. The van der Waals surface area contributed by atoms with Gasteiger partial charge in [-0.15, -0.1) is 0 Å². The molecule has 3 nitrogen and oxygen atoms in total. The van der Waals surface area contributed by atoms with Crippen LogP contribution in [0.15, 0.2) is 24.3 Å². The van der Waals surface area contributed by atoms with Crippen molar-refractivity contribution < 1.29 is 4.74 Å². The van der Waals surface area contributed by atoms with Gasteiger partial charge in [0.05, 0.1) is 12.7 Å². The fourth-order valence-electron chi connectivity index (χ4n) is 2.80. The minimum absolute atomic E-state index is 0.354. The molecular weight excluding hydrogens is 248 g/mol.